The maximum absolute atomic E-state index is 9.55. The number of ether oxygens (including phenoxy) is 1. The summed E-state index contributed by atoms with van der Waals surface area (Å²) in [6.07, 6.45) is -0.297. The van der Waals surface area contributed by atoms with Gasteiger partial charge >= 0.3 is 0 Å². The average molecular weight is 251 g/mol. The van der Waals surface area contributed by atoms with Gasteiger partial charge in [-0.15, -0.1) is 0 Å². The van der Waals surface area contributed by atoms with Gasteiger partial charge in [-0.3, -0.25) is 4.90 Å². The van der Waals surface area contributed by atoms with E-state index in [0.717, 1.165) is 18.8 Å². The summed E-state index contributed by atoms with van der Waals surface area (Å²) in [7, 11) is 1.68. The SMILES string of the molecule is COc1cccc(CN(CC(C)C)C[C@@H](C)O)c1. The van der Waals surface area contributed by atoms with E-state index in [0.29, 0.717) is 12.5 Å². The molecule has 0 bridgehead atoms. The lowest BCUT2D eigenvalue weighted by Crippen LogP contribution is -2.33. The van der Waals surface area contributed by atoms with Gasteiger partial charge in [0.1, 0.15) is 5.75 Å². The summed E-state index contributed by atoms with van der Waals surface area (Å²) in [4.78, 5) is 2.28. The van der Waals surface area contributed by atoms with Gasteiger partial charge in [0.05, 0.1) is 13.2 Å². The monoisotopic (exact) mass is 251 g/mol. The van der Waals surface area contributed by atoms with Gasteiger partial charge in [0, 0.05) is 19.6 Å². The Morgan fingerprint density at radius 3 is 2.50 bits per heavy atom. The third kappa shape index (κ3) is 5.52. The fourth-order valence-electron chi connectivity index (χ4n) is 2.12. The first-order valence-corrected chi connectivity index (χ1v) is 6.54. The molecule has 0 saturated heterocycles. The van der Waals surface area contributed by atoms with Crippen molar-refractivity contribution in [2.45, 2.75) is 33.4 Å². The van der Waals surface area contributed by atoms with E-state index in [1.807, 2.05) is 19.1 Å². The molecular weight excluding hydrogens is 226 g/mol. The highest BCUT2D eigenvalue weighted by Crippen LogP contribution is 2.15. The highest BCUT2D eigenvalue weighted by atomic mass is 16.5. The molecule has 102 valence electrons. The zero-order valence-corrected chi connectivity index (χ0v) is 11.9. The van der Waals surface area contributed by atoms with Crippen LogP contribution in [-0.4, -0.2) is 36.3 Å². The first-order chi connectivity index (χ1) is 8.51. The highest BCUT2D eigenvalue weighted by molar-refractivity contribution is 5.28. The number of aliphatic hydroxyl groups excluding tert-OH is 1. The van der Waals surface area contributed by atoms with Gasteiger partial charge < -0.3 is 9.84 Å². The van der Waals surface area contributed by atoms with E-state index in [1.54, 1.807) is 7.11 Å². The second kappa shape index (κ2) is 7.39. The lowest BCUT2D eigenvalue weighted by molar-refractivity contribution is 0.114. The third-order valence-electron chi connectivity index (χ3n) is 2.69. The molecule has 0 aliphatic heterocycles. The normalized spacial score (nSPS) is 13.1. The van der Waals surface area contributed by atoms with Gasteiger partial charge in [-0.2, -0.15) is 0 Å². The van der Waals surface area contributed by atoms with Crippen molar-refractivity contribution in [3.63, 3.8) is 0 Å². The van der Waals surface area contributed by atoms with Gasteiger partial charge in [0.2, 0.25) is 0 Å². The Hall–Kier alpha value is -1.06. The van der Waals surface area contributed by atoms with Crippen LogP contribution in [0.1, 0.15) is 26.3 Å². The van der Waals surface area contributed by atoms with E-state index in [9.17, 15) is 5.11 Å². The Bertz CT molecular complexity index is 340. The molecule has 0 unspecified atom stereocenters. The minimum atomic E-state index is -0.297. The second-order valence-electron chi connectivity index (χ2n) is 5.29. The number of rotatable bonds is 7. The number of hydrogen-bond acceptors (Lipinski definition) is 3. The zero-order valence-electron chi connectivity index (χ0n) is 11.9. The van der Waals surface area contributed by atoms with Gasteiger partial charge in [0.25, 0.3) is 0 Å². The van der Waals surface area contributed by atoms with Gasteiger partial charge in [-0.25, -0.2) is 0 Å². The molecule has 0 amide bonds. The number of hydrogen-bond donors (Lipinski definition) is 1. The zero-order chi connectivity index (χ0) is 13.5. The molecule has 18 heavy (non-hydrogen) atoms. The van der Waals surface area contributed by atoms with Crippen molar-refractivity contribution in [3.8, 4) is 5.75 Å². The lowest BCUT2D eigenvalue weighted by atomic mass is 10.1. The van der Waals surface area contributed by atoms with Crippen LogP contribution >= 0.6 is 0 Å². The lowest BCUT2D eigenvalue weighted by Gasteiger charge is -2.25. The molecule has 0 spiro atoms. The summed E-state index contributed by atoms with van der Waals surface area (Å²) in [5.74, 6) is 1.48. The van der Waals surface area contributed by atoms with Gasteiger partial charge in [-0.05, 0) is 30.5 Å². The molecule has 0 radical (unpaired) electrons. The smallest absolute Gasteiger partial charge is 0.119 e. The van der Waals surface area contributed by atoms with Gasteiger partial charge in [0.15, 0.2) is 0 Å². The van der Waals surface area contributed by atoms with Crippen LogP contribution in [0.25, 0.3) is 0 Å². The minimum absolute atomic E-state index is 0.297. The first-order valence-electron chi connectivity index (χ1n) is 6.54. The van der Waals surface area contributed by atoms with Crippen LogP contribution in [0.2, 0.25) is 0 Å². The molecule has 0 saturated carbocycles. The second-order valence-corrected chi connectivity index (χ2v) is 5.29. The number of benzene rings is 1. The summed E-state index contributed by atoms with van der Waals surface area (Å²) in [6, 6.07) is 8.10. The Morgan fingerprint density at radius 2 is 1.94 bits per heavy atom. The molecule has 1 aromatic rings. The standard InChI is InChI=1S/C15H25NO2/c1-12(2)9-16(10-13(3)17)11-14-6-5-7-15(8-14)18-4/h5-8,12-13,17H,9-11H2,1-4H3/t13-/m1/s1. The molecule has 1 rings (SSSR count). The highest BCUT2D eigenvalue weighted by Gasteiger charge is 2.11. The number of aliphatic hydroxyl groups is 1. The van der Waals surface area contributed by atoms with Crippen molar-refractivity contribution in [1.82, 2.24) is 4.90 Å². The van der Waals surface area contributed by atoms with Crippen LogP contribution in [0, 0.1) is 5.92 Å². The van der Waals surface area contributed by atoms with Crippen LogP contribution in [0.4, 0.5) is 0 Å². The molecule has 0 heterocycles. The Morgan fingerprint density at radius 1 is 1.22 bits per heavy atom. The van der Waals surface area contributed by atoms with Crippen molar-refractivity contribution < 1.29 is 9.84 Å². The van der Waals surface area contributed by atoms with Crippen LogP contribution in [0.3, 0.4) is 0 Å². The first kappa shape index (κ1) is 15.0. The number of nitrogens with zero attached hydrogens (tertiary/aromatic N) is 1. The molecule has 3 heteroatoms. The Balaban J connectivity index is 2.68. The fraction of sp³-hybridized carbons (Fsp3) is 0.600. The van der Waals surface area contributed by atoms with Crippen LogP contribution < -0.4 is 4.74 Å². The summed E-state index contributed by atoms with van der Waals surface area (Å²) in [5, 5.41) is 9.55. The van der Waals surface area contributed by atoms with E-state index in [-0.39, 0.29) is 6.10 Å². The fourth-order valence-corrected chi connectivity index (χ4v) is 2.12. The van der Waals surface area contributed by atoms with Crippen LogP contribution in [0.5, 0.6) is 5.75 Å². The summed E-state index contributed by atoms with van der Waals surface area (Å²) < 4.78 is 5.23. The van der Waals surface area contributed by atoms with Crippen molar-refractivity contribution in [1.29, 1.82) is 0 Å². The molecule has 0 aliphatic rings. The maximum atomic E-state index is 9.55. The maximum Gasteiger partial charge on any atom is 0.119 e. The molecule has 1 N–H and O–H groups in total. The molecule has 0 fully saturated rings. The quantitative estimate of drug-likeness (QED) is 0.808. The Kier molecular flexibility index (Phi) is 6.16. The number of methoxy groups -OCH3 is 1. The van der Waals surface area contributed by atoms with E-state index < -0.39 is 0 Å². The van der Waals surface area contributed by atoms with E-state index >= 15 is 0 Å². The molecule has 0 aliphatic carbocycles. The minimum Gasteiger partial charge on any atom is -0.497 e. The predicted molar refractivity (Wildman–Crippen MR) is 74.8 cm³/mol. The van der Waals surface area contributed by atoms with Crippen molar-refractivity contribution in [3.05, 3.63) is 29.8 Å². The van der Waals surface area contributed by atoms with Crippen molar-refractivity contribution in [2.24, 2.45) is 5.92 Å². The largest absolute Gasteiger partial charge is 0.497 e. The average Bonchev–Trinajstić information content (AvgIpc) is 2.27. The Labute approximate surface area is 110 Å². The van der Waals surface area contributed by atoms with Crippen molar-refractivity contribution >= 4 is 0 Å². The predicted octanol–water partition coefficient (Wildman–Crippen LogP) is 2.53. The third-order valence-corrected chi connectivity index (χ3v) is 2.69. The van der Waals surface area contributed by atoms with Crippen LogP contribution in [-0.2, 0) is 6.54 Å². The molecule has 1 atom stereocenters. The summed E-state index contributed by atoms with van der Waals surface area (Å²) in [6.45, 7) is 8.76. The summed E-state index contributed by atoms with van der Waals surface area (Å²) in [5.41, 5.74) is 1.22. The van der Waals surface area contributed by atoms with E-state index in [4.69, 9.17) is 4.74 Å². The summed E-state index contributed by atoms with van der Waals surface area (Å²) >= 11 is 0. The molecular formula is C15H25NO2. The molecule has 3 nitrogen and oxygen atoms in total. The van der Waals surface area contributed by atoms with Crippen molar-refractivity contribution in [2.75, 3.05) is 20.2 Å². The molecule has 0 aromatic heterocycles. The van der Waals surface area contributed by atoms with E-state index in [2.05, 4.69) is 30.9 Å². The van der Waals surface area contributed by atoms with E-state index in [1.165, 1.54) is 5.56 Å². The topological polar surface area (TPSA) is 32.7 Å². The molecule has 1 aromatic carbocycles. The van der Waals surface area contributed by atoms with Gasteiger partial charge in [-0.1, -0.05) is 26.0 Å². The van der Waals surface area contributed by atoms with Crippen LogP contribution in [0.15, 0.2) is 24.3 Å².